The number of ether oxygens (including phenoxy) is 1. The van der Waals surface area contributed by atoms with Gasteiger partial charge in [-0.05, 0) is 52.9 Å². The number of aliphatic hydroxyl groups is 1. The van der Waals surface area contributed by atoms with E-state index in [0.717, 1.165) is 38.6 Å². The molecule has 0 aliphatic heterocycles. The van der Waals surface area contributed by atoms with Gasteiger partial charge in [-0.15, -0.1) is 0 Å². The minimum atomic E-state index is -0.450. The summed E-state index contributed by atoms with van der Waals surface area (Å²) < 4.78 is 5.32. The molecule has 0 heterocycles. The minimum absolute atomic E-state index is 0.0783. The van der Waals surface area contributed by atoms with Gasteiger partial charge in [0, 0.05) is 30.7 Å². The topological polar surface area (TPSA) is 70.6 Å². The van der Waals surface area contributed by atoms with E-state index in [4.69, 9.17) is 4.74 Å². The molecule has 1 amide bonds. The number of hydrogen-bond acceptors (Lipinski definition) is 4. The summed E-state index contributed by atoms with van der Waals surface area (Å²) in [6.45, 7) is 6.82. The SMILES string of the molecule is CC(C)(C)OC(=O)NC1CCC(NCC2(CO)CCCCC2)C1. The molecule has 0 aromatic rings. The van der Waals surface area contributed by atoms with Crippen molar-refractivity contribution in [2.24, 2.45) is 5.41 Å². The van der Waals surface area contributed by atoms with Crippen LogP contribution in [0.1, 0.15) is 72.1 Å². The number of carbonyl (C=O) groups is 1. The van der Waals surface area contributed by atoms with Crippen LogP contribution in [0.3, 0.4) is 0 Å². The lowest BCUT2D eigenvalue weighted by atomic mass is 9.74. The molecule has 0 radical (unpaired) electrons. The van der Waals surface area contributed by atoms with Crippen LogP contribution >= 0.6 is 0 Å². The number of rotatable bonds is 5. The normalized spacial score (nSPS) is 27.7. The van der Waals surface area contributed by atoms with Crippen LogP contribution in [0.5, 0.6) is 0 Å². The predicted octanol–water partition coefficient (Wildman–Crippen LogP) is 2.96. The van der Waals surface area contributed by atoms with E-state index in [9.17, 15) is 9.90 Å². The first kappa shape index (κ1) is 18.5. The maximum Gasteiger partial charge on any atom is 0.407 e. The lowest BCUT2D eigenvalue weighted by molar-refractivity contribution is 0.0504. The largest absolute Gasteiger partial charge is 0.444 e. The summed E-state index contributed by atoms with van der Waals surface area (Å²) in [4.78, 5) is 11.8. The zero-order valence-corrected chi connectivity index (χ0v) is 15.0. The van der Waals surface area contributed by atoms with Gasteiger partial charge in [-0.25, -0.2) is 4.79 Å². The molecule has 2 atom stereocenters. The third kappa shape index (κ3) is 5.96. The Bertz CT molecular complexity index is 386. The maximum atomic E-state index is 11.8. The Hall–Kier alpha value is -0.810. The smallest absolute Gasteiger partial charge is 0.407 e. The van der Waals surface area contributed by atoms with E-state index in [1.54, 1.807) is 0 Å². The molecule has 134 valence electrons. The molecule has 2 unspecified atom stereocenters. The molecule has 0 spiro atoms. The van der Waals surface area contributed by atoms with Gasteiger partial charge in [0.05, 0.1) is 0 Å². The predicted molar refractivity (Wildman–Crippen MR) is 91.4 cm³/mol. The summed E-state index contributed by atoms with van der Waals surface area (Å²) in [7, 11) is 0. The van der Waals surface area contributed by atoms with Gasteiger partial charge in [0.2, 0.25) is 0 Å². The van der Waals surface area contributed by atoms with E-state index in [0.29, 0.717) is 6.04 Å². The van der Waals surface area contributed by atoms with E-state index >= 15 is 0 Å². The third-order valence-corrected chi connectivity index (χ3v) is 5.17. The molecule has 2 aliphatic rings. The number of nitrogens with one attached hydrogen (secondary N) is 2. The lowest BCUT2D eigenvalue weighted by Crippen LogP contribution is -2.43. The fourth-order valence-electron chi connectivity index (χ4n) is 3.83. The van der Waals surface area contributed by atoms with Crippen molar-refractivity contribution in [2.75, 3.05) is 13.2 Å². The molecule has 0 bridgehead atoms. The first-order chi connectivity index (χ1) is 10.8. The van der Waals surface area contributed by atoms with Crippen LogP contribution in [0.2, 0.25) is 0 Å². The van der Waals surface area contributed by atoms with Gasteiger partial charge in [-0.2, -0.15) is 0 Å². The molecule has 5 nitrogen and oxygen atoms in total. The van der Waals surface area contributed by atoms with Crippen molar-refractivity contribution in [3.8, 4) is 0 Å². The zero-order chi connectivity index (χ0) is 16.9. The standard InChI is InChI=1S/C18H34N2O3/c1-17(2,3)23-16(22)20-15-8-7-14(11-15)19-12-18(13-21)9-5-4-6-10-18/h14-15,19,21H,4-13H2,1-3H3,(H,20,22). The van der Waals surface area contributed by atoms with Crippen molar-refractivity contribution >= 4 is 6.09 Å². The Labute approximate surface area is 140 Å². The van der Waals surface area contributed by atoms with Crippen molar-refractivity contribution in [2.45, 2.75) is 89.8 Å². The van der Waals surface area contributed by atoms with Crippen molar-refractivity contribution in [3.63, 3.8) is 0 Å². The molecule has 3 N–H and O–H groups in total. The van der Waals surface area contributed by atoms with Crippen LogP contribution in [-0.2, 0) is 4.74 Å². The highest BCUT2D eigenvalue weighted by Crippen LogP contribution is 2.35. The third-order valence-electron chi connectivity index (χ3n) is 5.17. The molecule has 2 rings (SSSR count). The highest BCUT2D eigenvalue weighted by Gasteiger charge is 2.33. The fraction of sp³-hybridized carbons (Fsp3) is 0.944. The summed E-state index contributed by atoms with van der Waals surface area (Å²) in [5, 5.41) is 16.4. The van der Waals surface area contributed by atoms with Crippen molar-refractivity contribution in [1.29, 1.82) is 0 Å². The average Bonchev–Trinajstić information content (AvgIpc) is 2.91. The molecule has 2 fully saturated rings. The van der Waals surface area contributed by atoms with Crippen LogP contribution < -0.4 is 10.6 Å². The molecule has 0 saturated heterocycles. The van der Waals surface area contributed by atoms with Crippen LogP contribution in [0.4, 0.5) is 4.79 Å². The van der Waals surface area contributed by atoms with E-state index in [1.165, 1.54) is 19.3 Å². The van der Waals surface area contributed by atoms with Crippen LogP contribution in [-0.4, -0.2) is 42.0 Å². The minimum Gasteiger partial charge on any atom is -0.444 e. The zero-order valence-electron chi connectivity index (χ0n) is 15.0. The lowest BCUT2D eigenvalue weighted by Gasteiger charge is -2.36. The summed E-state index contributed by atoms with van der Waals surface area (Å²) in [5.41, 5.74) is -0.371. The molecular weight excluding hydrogens is 292 g/mol. The number of amides is 1. The Morgan fingerprint density at radius 1 is 1.17 bits per heavy atom. The molecule has 0 aromatic carbocycles. The molecule has 2 saturated carbocycles. The number of carbonyl (C=O) groups excluding carboxylic acids is 1. The van der Waals surface area contributed by atoms with Gasteiger partial charge >= 0.3 is 6.09 Å². The number of aliphatic hydroxyl groups excluding tert-OH is 1. The van der Waals surface area contributed by atoms with Gasteiger partial charge in [-0.1, -0.05) is 19.3 Å². The van der Waals surface area contributed by atoms with Crippen LogP contribution in [0.15, 0.2) is 0 Å². The second-order valence-corrected chi connectivity index (χ2v) is 8.45. The molecule has 2 aliphatic carbocycles. The van der Waals surface area contributed by atoms with E-state index in [2.05, 4.69) is 10.6 Å². The summed E-state index contributed by atoms with van der Waals surface area (Å²) in [6.07, 6.45) is 8.71. The van der Waals surface area contributed by atoms with E-state index in [-0.39, 0.29) is 24.2 Å². The maximum absolute atomic E-state index is 11.8. The molecular formula is C18H34N2O3. The van der Waals surface area contributed by atoms with Gasteiger partial charge in [0.15, 0.2) is 0 Å². The van der Waals surface area contributed by atoms with Gasteiger partial charge < -0.3 is 20.5 Å². The summed E-state index contributed by atoms with van der Waals surface area (Å²) in [6, 6.07) is 0.624. The van der Waals surface area contributed by atoms with Crippen molar-refractivity contribution in [1.82, 2.24) is 10.6 Å². The van der Waals surface area contributed by atoms with E-state index in [1.807, 2.05) is 20.8 Å². The summed E-state index contributed by atoms with van der Waals surface area (Å²) >= 11 is 0. The fourth-order valence-corrected chi connectivity index (χ4v) is 3.83. The van der Waals surface area contributed by atoms with Crippen molar-refractivity contribution in [3.05, 3.63) is 0 Å². The Balaban J connectivity index is 1.71. The first-order valence-corrected chi connectivity index (χ1v) is 9.16. The van der Waals surface area contributed by atoms with Gasteiger partial charge in [0.25, 0.3) is 0 Å². The highest BCUT2D eigenvalue weighted by atomic mass is 16.6. The Kier molecular flexibility index (Phi) is 6.32. The Morgan fingerprint density at radius 2 is 1.83 bits per heavy atom. The first-order valence-electron chi connectivity index (χ1n) is 9.16. The van der Waals surface area contributed by atoms with Gasteiger partial charge in [-0.3, -0.25) is 0 Å². The Morgan fingerprint density at radius 3 is 2.43 bits per heavy atom. The second-order valence-electron chi connectivity index (χ2n) is 8.45. The molecule has 23 heavy (non-hydrogen) atoms. The highest BCUT2D eigenvalue weighted by molar-refractivity contribution is 5.68. The second kappa shape index (κ2) is 7.84. The monoisotopic (exact) mass is 326 g/mol. The van der Waals surface area contributed by atoms with Crippen molar-refractivity contribution < 1.29 is 14.6 Å². The number of alkyl carbamates (subject to hydrolysis) is 1. The van der Waals surface area contributed by atoms with E-state index < -0.39 is 5.60 Å². The number of hydrogen-bond donors (Lipinski definition) is 3. The van der Waals surface area contributed by atoms with Crippen LogP contribution in [0.25, 0.3) is 0 Å². The van der Waals surface area contributed by atoms with Crippen LogP contribution in [0, 0.1) is 5.41 Å². The summed E-state index contributed by atoms with van der Waals surface area (Å²) in [5.74, 6) is 0. The van der Waals surface area contributed by atoms with Gasteiger partial charge in [0.1, 0.15) is 5.60 Å². The molecule has 5 heteroatoms. The average molecular weight is 326 g/mol. The molecule has 0 aromatic heterocycles. The quantitative estimate of drug-likeness (QED) is 0.726.